The predicted molar refractivity (Wildman–Crippen MR) is 62.5 cm³/mol. The Morgan fingerprint density at radius 2 is 2.25 bits per heavy atom. The molecule has 1 aromatic heterocycles. The SMILES string of the molecule is Cc1ccsc1CCNC(=O)/C=C/C(=O)O. The van der Waals surface area contributed by atoms with Crippen LogP contribution in [-0.2, 0) is 16.0 Å². The summed E-state index contributed by atoms with van der Waals surface area (Å²) >= 11 is 1.66. The molecule has 86 valence electrons. The minimum absolute atomic E-state index is 0.378. The standard InChI is InChI=1S/C11H13NO3S/c1-8-5-7-16-9(8)4-6-12-10(13)2-3-11(14)15/h2-3,5,7H,4,6H2,1H3,(H,12,13)(H,14,15)/b3-2+. The van der Waals surface area contributed by atoms with E-state index in [0.717, 1.165) is 18.6 Å². The van der Waals surface area contributed by atoms with E-state index in [1.165, 1.54) is 10.4 Å². The number of aryl methyl sites for hydroxylation is 1. The Bertz CT molecular complexity index is 409. The van der Waals surface area contributed by atoms with Crippen molar-refractivity contribution < 1.29 is 14.7 Å². The van der Waals surface area contributed by atoms with Crippen LogP contribution in [0.3, 0.4) is 0 Å². The van der Waals surface area contributed by atoms with Crippen molar-refractivity contribution in [3.05, 3.63) is 34.0 Å². The van der Waals surface area contributed by atoms with E-state index in [0.29, 0.717) is 6.54 Å². The number of amides is 1. The minimum Gasteiger partial charge on any atom is -0.478 e. The first-order valence-corrected chi connectivity index (χ1v) is 5.69. The normalized spacial score (nSPS) is 10.6. The van der Waals surface area contributed by atoms with Crippen molar-refractivity contribution in [2.45, 2.75) is 13.3 Å². The molecule has 0 spiro atoms. The second kappa shape index (κ2) is 6.07. The fraction of sp³-hybridized carbons (Fsp3) is 0.273. The number of carboxylic acid groups (broad SMARTS) is 1. The summed E-state index contributed by atoms with van der Waals surface area (Å²) in [6.45, 7) is 2.54. The molecule has 0 aliphatic carbocycles. The Hall–Kier alpha value is -1.62. The lowest BCUT2D eigenvalue weighted by Gasteiger charge is -2.01. The van der Waals surface area contributed by atoms with Crippen LogP contribution in [0.4, 0.5) is 0 Å². The van der Waals surface area contributed by atoms with Crippen LogP contribution in [0.5, 0.6) is 0 Å². The lowest BCUT2D eigenvalue weighted by atomic mass is 10.2. The molecule has 0 aliphatic heterocycles. The number of aliphatic carboxylic acids is 1. The predicted octanol–water partition coefficient (Wildman–Crippen LogP) is 1.36. The molecule has 0 radical (unpaired) electrons. The van der Waals surface area contributed by atoms with Gasteiger partial charge in [0.25, 0.3) is 0 Å². The first kappa shape index (κ1) is 12.4. The second-order valence-electron chi connectivity index (χ2n) is 3.24. The molecule has 2 N–H and O–H groups in total. The molecule has 0 saturated carbocycles. The van der Waals surface area contributed by atoms with E-state index >= 15 is 0 Å². The van der Waals surface area contributed by atoms with Gasteiger partial charge >= 0.3 is 5.97 Å². The van der Waals surface area contributed by atoms with Crippen molar-refractivity contribution in [3.8, 4) is 0 Å². The lowest BCUT2D eigenvalue weighted by molar-refractivity contribution is -0.131. The summed E-state index contributed by atoms with van der Waals surface area (Å²) in [5, 5.41) is 12.9. The zero-order valence-electron chi connectivity index (χ0n) is 8.90. The molecule has 0 fully saturated rings. The van der Waals surface area contributed by atoms with Crippen molar-refractivity contribution >= 4 is 23.2 Å². The van der Waals surface area contributed by atoms with Crippen molar-refractivity contribution in [1.29, 1.82) is 0 Å². The van der Waals surface area contributed by atoms with E-state index < -0.39 is 5.97 Å². The van der Waals surface area contributed by atoms with Gasteiger partial charge in [0, 0.05) is 23.6 Å². The summed E-state index contributed by atoms with van der Waals surface area (Å²) in [4.78, 5) is 22.5. The van der Waals surface area contributed by atoms with E-state index in [2.05, 4.69) is 5.32 Å². The first-order valence-electron chi connectivity index (χ1n) is 4.81. The van der Waals surface area contributed by atoms with Crippen LogP contribution < -0.4 is 5.32 Å². The summed E-state index contributed by atoms with van der Waals surface area (Å²) in [5.74, 6) is -1.50. The van der Waals surface area contributed by atoms with Gasteiger partial charge in [0.05, 0.1) is 0 Å². The molecule has 16 heavy (non-hydrogen) atoms. The molecule has 1 rings (SSSR count). The zero-order chi connectivity index (χ0) is 12.0. The molecule has 0 unspecified atom stereocenters. The highest BCUT2D eigenvalue weighted by atomic mass is 32.1. The molecule has 1 amide bonds. The Kier molecular flexibility index (Phi) is 4.72. The zero-order valence-corrected chi connectivity index (χ0v) is 9.71. The maximum absolute atomic E-state index is 11.1. The molecule has 0 bridgehead atoms. The van der Waals surface area contributed by atoms with Crippen molar-refractivity contribution in [2.24, 2.45) is 0 Å². The number of thiophene rings is 1. The Labute approximate surface area is 97.6 Å². The van der Waals surface area contributed by atoms with Gasteiger partial charge in [-0.15, -0.1) is 11.3 Å². The Morgan fingerprint density at radius 3 is 2.81 bits per heavy atom. The number of hydrogen-bond acceptors (Lipinski definition) is 3. The third-order valence-corrected chi connectivity index (χ3v) is 3.08. The largest absolute Gasteiger partial charge is 0.478 e. The van der Waals surface area contributed by atoms with Gasteiger partial charge in [0.15, 0.2) is 0 Å². The van der Waals surface area contributed by atoms with Gasteiger partial charge in [0.2, 0.25) is 5.91 Å². The number of nitrogens with one attached hydrogen (secondary N) is 1. The quantitative estimate of drug-likeness (QED) is 0.762. The van der Waals surface area contributed by atoms with Gasteiger partial charge in [-0.1, -0.05) is 0 Å². The van der Waals surface area contributed by atoms with Crippen LogP contribution in [0.1, 0.15) is 10.4 Å². The Morgan fingerprint density at radius 1 is 1.50 bits per heavy atom. The molecule has 0 aliphatic rings. The van der Waals surface area contributed by atoms with Gasteiger partial charge in [-0.05, 0) is 30.4 Å². The van der Waals surface area contributed by atoms with E-state index in [4.69, 9.17) is 5.11 Å². The maximum Gasteiger partial charge on any atom is 0.328 e. The average Bonchev–Trinajstić information content (AvgIpc) is 2.61. The first-order chi connectivity index (χ1) is 7.59. The van der Waals surface area contributed by atoms with Crippen LogP contribution in [0.25, 0.3) is 0 Å². The molecular formula is C11H13NO3S. The van der Waals surface area contributed by atoms with Gasteiger partial charge in [-0.25, -0.2) is 4.79 Å². The van der Waals surface area contributed by atoms with Crippen molar-refractivity contribution in [2.75, 3.05) is 6.54 Å². The highest BCUT2D eigenvalue weighted by Crippen LogP contribution is 2.15. The van der Waals surface area contributed by atoms with Crippen molar-refractivity contribution in [1.82, 2.24) is 5.32 Å². The van der Waals surface area contributed by atoms with Gasteiger partial charge in [0.1, 0.15) is 0 Å². The average molecular weight is 239 g/mol. The van der Waals surface area contributed by atoms with Crippen LogP contribution in [0.15, 0.2) is 23.6 Å². The fourth-order valence-corrected chi connectivity index (χ4v) is 2.08. The van der Waals surface area contributed by atoms with E-state index in [1.54, 1.807) is 11.3 Å². The topological polar surface area (TPSA) is 66.4 Å². The van der Waals surface area contributed by atoms with Crippen molar-refractivity contribution in [3.63, 3.8) is 0 Å². The van der Waals surface area contributed by atoms with Gasteiger partial charge < -0.3 is 10.4 Å². The molecule has 4 nitrogen and oxygen atoms in total. The number of carbonyl (C=O) groups is 2. The fourth-order valence-electron chi connectivity index (χ4n) is 1.17. The molecule has 0 aromatic carbocycles. The molecule has 5 heteroatoms. The maximum atomic E-state index is 11.1. The summed E-state index contributed by atoms with van der Waals surface area (Å²) < 4.78 is 0. The van der Waals surface area contributed by atoms with Crippen LogP contribution in [0.2, 0.25) is 0 Å². The highest BCUT2D eigenvalue weighted by Gasteiger charge is 2.00. The summed E-state index contributed by atoms with van der Waals surface area (Å²) in [5.41, 5.74) is 1.22. The van der Waals surface area contributed by atoms with E-state index in [9.17, 15) is 9.59 Å². The number of carbonyl (C=O) groups excluding carboxylic acids is 1. The van der Waals surface area contributed by atoms with E-state index in [-0.39, 0.29) is 5.91 Å². The van der Waals surface area contributed by atoms with Crippen LogP contribution >= 0.6 is 11.3 Å². The van der Waals surface area contributed by atoms with E-state index in [1.807, 2.05) is 18.4 Å². The third-order valence-electron chi connectivity index (χ3n) is 2.00. The molecule has 1 aromatic rings. The molecule has 0 saturated heterocycles. The molecular weight excluding hydrogens is 226 g/mol. The second-order valence-corrected chi connectivity index (χ2v) is 4.24. The smallest absolute Gasteiger partial charge is 0.328 e. The third kappa shape index (κ3) is 4.27. The number of carboxylic acids is 1. The number of hydrogen-bond donors (Lipinski definition) is 2. The van der Waals surface area contributed by atoms with Crippen LogP contribution in [0, 0.1) is 6.92 Å². The monoisotopic (exact) mass is 239 g/mol. The van der Waals surface area contributed by atoms with Gasteiger partial charge in [-0.3, -0.25) is 4.79 Å². The highest BCUT2D eigenvalue weighted by molar-refractivity contribution is 7.10. The summed E-state index contributed by atoms with van der Waals surface area (Å²) in [7, 11) is 0. The lowest BCUT2D eigenvalue weighted by Crippen LogP contribution is -2.23. The molecule has 1 heterocycles. The summed E-state index contributed by atoms with van der Waals surface area (Å²) in [6, 6.07) is 2.03. The summed E-state index contributed by atoms with van der Waals surface area (Å²) in [6.07, 6.45) is 2.62. The van der Waals surface area contributed by atoms with Gasteiger partial charge in [-0.2, -0.15) is 0 Å². The minimum atomic E-state index is -1.12. The number of rotatable bonds is 5. The Balaban J connectivity index is 2.28. The molecule has 0 atom stereocenters. The van der Waals surface area contributed by atoms with Crippen LogP contribution in [-0.4, -0.2) is 23.5 Å².